The zero-order valence-corrected chi connectivity index (χ0v) is 17.9. The smallest absolute Gasteiger partial charge is 0.322 e. The number of fused-ring (bicyclic) bond motifs is 1. The van der Waals surface area contributed by atoms with E-state index in [2.05, 4.69) is 27.3 Å². The van der Waals surface area contributed by atoms with Crippen molar-refractivity contribution >= 4 is 68.3 Å². The fourth-order valence-corrected chi connectivity index (χ4v) is 2.54. The summed E-state index contributed by atoms with van der Waals surface area (Å²) in [7, 11) is 0. The van der Waals surface area contributed by atoms with Gasteiger partial charge in [-0.25, -0.2) is 0 Å². The number of halogens is 4. The van der Waals surface area contributed by atoms with Gasteiger partial charge >= 0.3 is 5.97 Å². The number of ether oxygens (including phenoxy) is 1. The van der Waals surface area contributed by atoms with Crippen LogP contribution in [0.2, 0.25) is 0 Å². The number of carbonyl (C=O) groups excluding carboxylic acids is 1. The van der Waals surface area contributed by atoms with E-state index >= 15 is 0 Å². The van der Waals surface area contributed by atoms with E-state index in [1.165, 1.54) is 5.56 Å². The van der Waals surface area contributed by atoms with Crippen LogP contribution in [0.15, 0.2) is 40.9 Å². The lowest BCUT2D eigenvalue weighted by atomic mass is 10.3. The van der Waals surface area contributed by atoms with E-state index in [1.54, 1.807) is 19.1 Å². The molecule has 1 aromatic rings. The van der Waals surface area contributed by atoms with Gasteiger partial charge in [0.1, 0.15) is 22.3 Å². The van der Waals surface area contributed by atoms with Crippen LogP contribution in [0.4, 0.5) is 5.69 Å². The van der Waals surface area contributed by atoms with E-state index in [0.717, 1.165) is 15.8 Å². The van der Waals surface area contributed by atoms with Crippen molar-refractivity contribution in [3.05, 3.63) is 40.9 Å². The van der Waals surface area contributed by atoms with Crippen molar-refractivity contribution in [1.82, 2.24) is 0 Å². The first-order valence-electron chi connectivity index (χ1n) is 7.72. The zero-order chi connectivity index (χ0) is 20.1. The van der Waals surface area contributed by atoms with Crippen molar-refractivity contribution in [3.8, 4) is 22.6 Å². The molecule has 0 heterocycles. The van der Waals surface area contributed by atoms with Gasteiger partial charge in [0.05, 0.1) is 5.69 Å². The number of hydrogen-bond acceptors (Lipinski definition) is 3. The number of nitrogens with one attached hydrogen (secondary N) is 1. The summed E-state index contributed by atoms with van der Waals surface area (Å²) in [6.07, 6.45) is 0. The number of amides is 1. The topological polar surface area (TPSA) is 75.6 Å². The van der Waals surface area contributed by atoms with Crippen LogP contribution < -0.4 is 10.1 Å². The first kappa shape index (κ1) is 21.8. The molecule has 0 spiro atoms. The maximum absolute atomic E-state index is 11.6. The third-order valence-corrected chi connectivity index (χ3v) is 5.06. The minimum Gasteiger partial charge on any atom is -0.480 e. The van der Waals surface area contributed by atoms with Gasteiger partial charge in [0, 0.05) is 15.9 Å². The lowest BCUT2D eigenvalue weighted by Crippen LogP contribution is -2.20. The third kappa shape index (κ3) is 6.28. The average molecular weight is 496 g/mol. The average Bonchev–Trinajstić information content (AvgIpc) is 3.31. The Morgan fingerprint density at radius 2 is 1.93 bits per heavy atom. The lowest BCUT2D eigenvalue weighted by Gasteiger charge is -2.10. The highest BCUT2D eigenvalue weighted by Crippen LogP contribution is 2.45. The molecular weight excluding hydrogens is 480 g/mol. The normalized spacial score (nSPS) is 12.9. The number of rotatable bonds is 6. The Morgan fingerprint density at radius 1 is 1.22 bits per heavy atom. The Labute approximate surface area is 179 Å². The van der Waals surface area contributed by atoms with Gasteiger partial charge in [0.25, 0.3) is 0 Å². The van der Waals surface area contributed by atoms with E-state index in [-0.39, 0.29) is 11.8 Å². The highest BCUT2D eigenvalue weighted by molar-refractivity contribution is 9.10. The van der Waals surface area contributed by atoms with E-state index in [0.29, 0.717) is 11.4 Å². The second-order valence-electron chi connectivity index (χ2n) is 5.52. The van der Waals surface area contributed by atoms with Crippen LogP contribution in [0.5, 0.6) is 11.5 Å². The van der Waals surface area contributed by atoms with Crippen LogP contribution in [0.3, 0.4) is 0 Å². The van der Waals surface area contributed by atoms with Crippen molar-refractivity contribution in [2.75, 3.05) is 11.2 Å². The maximum atomic E-state index is 11.6. The number of anilines is 1. The van der Waals surface area contributed by atoms with Gasteiger partial charge in [-0.3, -0.25) is 9.59 Å². The summed E-state index contributed by atoms with van der Waals surface area (Å²) in [6.45, 7) is 1.63. The molecule has 1 aromatic carbocycles. The molecule has 0 radical (unpaired) electrons. The first-order valence-corrected chi connectivity index (χ1v) is 9.92. The predicted molar refractivity (Wildman–Crippen MR) is 112 cm³/mol. The molecule has 0 fully saturated rings. The molecule has 0 bridgehead atoms. The van der Waals surface area contributed by atoms with Crippen LogP contribution in [0, 0.1) is 0 Å². The Bertz CT molecular complexity index is 860. The molecule has 0 saturated carbocycles. The molecule has 0 aromatic heterocycles. The lowest BCUT2D eigenvalue weighted by molar-refractivity contribution is -0.136. The number of hydrogen-bond donors (Lipinski definition) is 2. The van der Waals surface area contributed by atoms with Crippen LogP contribution in [-0.2, 0) is 9.59 Å². The van der Waals surface area contributed by atoms with Crippen LogP contribution in [0.1, 0.15) is 6.92 Å². The second-order valence-corrected chi connectivity index (χ2v) is 7.86. The van der Waals surface area contributed by atoms with Crippen LogP contribution in [0.25, 0.3) is 11.1 Å². The molecule has 2 aliphatic rings. The van der Waals surface area contributed by atoms with E-state index in [9.17, 15) is 9.59 Å². The van der Waals surface area contributed by atoms with E-state index in [4.69, 9.17) is 44.6 Å². The van der Waals surface area contributed by atoms with Crippen molar-refractivity contribution in [2.24, 2.45) is 0 Å². The van der Waals surface area contributed by atoms with Crippen LogP contribution >= 0.6 is 50.7 Å². The minimum atomic E-state index is -1.07. The molecule has 3 rings (SSSR count). The predicted octanol–water partition coefficient (Wildman–Crippen LogP) is 5.70. The first-order chi connectivity index (χ1) is 12.7. The SMILES string of the molecule is CC(Cl)C(=O)Nc1ccc(Oc2ccc3cc2-3)cc1Br.O=C(O)C(Cl)CCl. The molecule has 144 valence electrons. The summed E-state index contributed by atoms with van der Waals surface area (Å²) in [6, 6.07) is 11.4. The van der Waals surface area contributed by atoms with Crippen molar-refractivity contribution in [2.45, 2.75) is 17.7 Å². The number of carbonyl (C=O) groups is 2. The summed E-state index contributed by atoms with van der Waals surface area (Å²) in [5.41, 5.74) is 3.06. The monoisotopic (exact) mass is 493 g/mol. The number of alkyl halides is 3. The quantitative estimate of drug-likeness (QED) is 0.430. The molecule has 2 unspecified atom stereocenters. The largest absolute Gasteiger partial charge is 0.480 e. The zero-order valence-electron chi connectivity index (χ0n) is 14.0. The number of aliphatic carboxylic acids is 1. The van der Waals surface area contributed by atoms with Crippen molar-refractivity contribution in [1.29, 1.82) is 0 Å². The molecule has 2 atom stereocenters. The van der Waals surface area contributed by atoms with Crippen molar-refractivity contribution < 1.29 is 19.4 Å². The van der Waals surface area contributed by atoms with Gasteiger partial charge in [-0.05, 0) is 58.7 Å². The Kier molecular flexibility index (Phi) is 7.79. The van der Waals surface area contributed by atoms with Crippen LogP contribution in [-0.4, -0.2) is 33.6 Å². The molecular formula is C18H15BrCl3NO4. The van der Waals surface area contributed by atoms with Gasteiger partial charge < -0.3 is 15.2 Å². The summed E-state index contributed by atoms with van der Waals surface area (Å²) < 4.78 is 6.54. The Morgan fingerprint density at radius 3 is 2.33 bits per heavy atom. The second kappa shape index (κ2) is 9.64. The summed E-state index contributed by atoms with van der Waals surface area (Å²) in [5, 5.41) is 9.18. The molecule has 2 N–H and O–H groups in total. The van der Waals surface area contributed by atoms with Gasteiger partial charge in [-0.2, -0.15) is 0 Å². The van der Waals surface area contributed by atoms with Gasteiger partial charge in [0.15, 0.2) is 0 Å². The third-order valence-electron chi connectivity index (χ3n) is 3.40. The summed E-state index contributed by atoms with van der Waals surface area (Å²) >= 11 is 19.2. The molecule has 27 heavy (non-hydrogen) atoms. The molecule has 1 amide bonds. The summed E-state index contributed by atoms with van der Waals surface area (Å²) in [4.78, 5) is 21.3. The molecule has 0 saturated heterocycles. The maximum Gasteiger partial charge on any atom is 0.322 e. The fraction of sp³-hybridized carbons (Fsp3) is 0.222. The van der Waals surface area contributed by atoms with Gasteiger partial charge in [-0.15, -0.1) is 34.8 Å². The highest BCUT2D eigenvalue weighted by atomic mass is 79.9. The number of carboxylic acids is 1. The molecule has 0 aliphatic heterocycles. The van der Waals surface area contributed by atoms with Gasteiger partial charge in [0.2, 0.25) is 5.91 Å². The Hall–Kier alpha value is -1.47. The van der Waals surface area contributed by atoms with Crippen molar-refractivity contribution in [3.63, 3.8) is 0 Å². The number of carboxylic acid groups (broad SMARTS) is 1. The molecule has 9 heteroatoms. The fourth-order valence-electron chi connectivity index (χ4n) is 1.90. The van der Waals surface area contributed by atoms with E-state index in [1.807, 2.05) is 18.2 Å². The molecule has 5 nitrogen and oxygen atoms in total. The standard InChI is InChI=1S/C15H11BrClNO2.C3H4Cl2O2/c1-8(17)15(19)18-13-4-3-10(7-12(13)16)20-14-5-2-9-6-11(9)14;4-1-2(5)3(6)7/h2-8H,1H3,(H,18,19);2H,1H2,(H,6,7). The molecule has 2 aliphatic carbocycles. The van der Waals surface area contributed by atoms with E-state index < -0.39 is 16.7 Å². The minimum absolute atomic E-state index is 0.0448. The highest BCUT2D eigenvalue weighted by Gasteiger charge is 2.19. The number of benzene rings is 2. The Balaban J connectivity index is 0.000000321. The summed E-state index contributed by atoms with van der Waals surface area (Å²) in [5.74, 6) is 0.213. The van der Waals surface area contributed by atoms with Gasteiger partial charge in [-0.1, -0.05) is 6.07 Å².